The van der Waals surface area contributed by atoms with E-state index in [4.69, 9.17) is 5.73 Å². The number of hydrogen-bond donors (Lipinski definition) is 1. The molecule has 1 aromatic heterocycles. The second-order valence-electron chi connectivity index (χ2n) is 4.25. The summed E-state index contributed by atoms with van der Waals surface area (Å²) in [5.41, 5.74) is 6.94. The molecule has 0 saturated heterocycles. The molecule has 86 valence electrons. The van der Waals surface area contributed by atoms with Crippen molar-refractivity contribution in [2.75, 3.05) is 12.3 Å². The van der Waals surface area contributed by atoms with Gasteiger partial charge in [-0.05, 0) is 18.9 Å². The van der Waals surface area contributed by atoms with Gasteiger partial charge in [-0.3, -0.25) is 4.79 Å². The molecule has 0 radical (unpaired) electrons. The second kappa shape index (κ2) is 4.04. The molecule has 1 aliphatic carbocycles. The number of aromatic nitrogens is 1. The lowest BCUT2D eigenvalue weighted by molar-refractivity contribution is 0.0753. The van der Waals surface area contributed by atoms with Gasteiger partial charge in [0.15, 0.2) is 0 Å². The zero-order valence-electron chi connectivity index (χ0n) is 9.52. The Balaban J connectivity index is 2.21. The van der Waals surface area contributed by atoms with Crippen molar-refractivity contribution in [3.05, 3.63) is 30.6 Å². The Hall–Kier alpha value is -1.71. The van der Waals surface area contributed by atoms with Crippen molar-refractivity contribution in [1.29, 1.82) is 0 Å². The summed E-state index contributed by atoms with van der Waals surface area (Å²) < 4.78 is 1.77. The second-order valence-corrected chi connectivity index (χ2v) is 4.25. The lowest BCUT2D eigenvalue weighted by Gasteiger charge is -2.20. The van der Waals surface area contributed by atoms with Gasteiger partial charge in [0.05, 0.1) is 5.69 Å². The first kappa shape index (κ1) is 10.8. The maximum absolute atomic E-state index is 12.3. The fourth-order valence-electron chi connectivity index (χ4n) is 1.87. The highest BCUT2D eigenvalue weighted by Crippen LogP contribution is 2.28. The third-order valence-electron chi connectivity index (χ3n) is 2.82. The summed E-state index contributed by atoms with van der Waals surface area (Å²) in [6.45, 7) is 4.29. The summed E-state index contributed by atoms with van der Waals surface area (Å²) in [5, 5.41) is 0. The maximum Gasteiger partial charge on any atom is 0.271 e. The van der Waals surface area contributed by atoms with Crippen LogP contribution < -0.4 is 5.73 Å². The van der Waals surface area contributed by atoms with Gasteiger partial charge in [0.2, 0.25) is 0 Å². The van der Waals surface area contributed by atoms with Gasteiger partial charge in [-0.1, -0.05) is 6.08 Å². The number of rotatable bonds is 4. The van der Waals surface area contributed by atoms with E-state index in [1.54, 1.807) is 22.9 Å². The van der Waals surface area contributed by atoms with E-state index in [-0.39, 0.29) is 5.91 Å². The van der Waals surface area contributed by atoms with Gasteiger partial charge in [-0.2, -0.15) is 0 Å². The molecule has 16 heavy (non-hydrogen) atoms. The van der Waals surface area contributed by atoms with Gasteiger partial charge in [0.25, 0.3) is 5.91 Å². The Morgan fingerprint density at radius 3 is 2.88 bits per heavy atom. The number of aryl methyl sites for hydroxylation is 1. The molecule has 1 aliphatic rings. The molecule has 2 N–H and O–H groups in total. The molecule has 0 atom stereocenters. The van der Waals surface area contributed by atoms with Crippen LogP contribution in [0.15, 0.2) is 24.9 Å². The molecular weight excluding hydrogens is 202 g/mol. The summed E-state index contributed by atoms with van der Waals surface area (Å²) in [6.07, 6.45) is 5.72. The van der Waals surface area contributed by atoms with Crippen molar-refractivity contribution in [1.82, 2.24) is 9.47 Å². The SMILES string of the molecule is C=CCN(C(=O)c1cc(N)cn1C)C1CC1. The highest BCUT2D eigenvalue weighted by atomic mass is 16.2. The predicted octanol–water partition coefficient (Wildman–Crippen LogP) is 1.40. The van der Waals surface area contributed by atoms with Crippen LogP contribution in [-0.2, 0) is 7.05 Å². The van der Waals surface area contributed by atoms with E-state index in [9.17, 15) is 4.79 Å². The van der Waals surface area contributed by atoms with E-state index in [1.165, 1.54) is 0 Å². The summed E-state index contributed by atoms with van der Waals surface area (Å²) in [7, 11) is 1.84. The Morgan fingerprint density at radius 2 is 2.44 bits per heavy atom. The molecule has 0 bridgehead atoms. The van der Waals surface area contributed by atoms with Crippen LogP contribution in [-0.4, -0.2) is 28.0 Å². The molecule has 4 heteroatoms. The van der Waals surface area contributed by atoms with Crippen molar-refractivity contribution < 1.29 is 4.79 Å². The quantitative estimate of drug-likeness (QED) is 0.778. The summed E-state index contributed by atoms with van der Waals surface area (Å²) >= 11 is 0. The maximum atomic E-state index is 12.3. The lowest BCUT2D eigenvalue weighted by atomic mass is 10.3. The molecule has 0 unspecified atom stereocenters. The number of anilines is 1. The fourth-order valence-corrected chi connectivity index (χ4v) is 1.87. The molecule has 2 rings (SSSR count). The van der Waals surface area contributed by atoms with Crippen molar-refractivity contribution in [2.24, 2.45) is 7.05 Å². The largest absolute Gasteiger partial charge is 0.397 e. The van der Waals surface area contributed by atoms with Crippen LogP contribution in [0.5, 0.6) is 0 Å². The number of nitrogens with two attached hydrogens (primary N) is 1. The highest BCUT2D eigenvalue weighted by molar-refractivity contribution is 5.94. The lowest BCUT2D eigenvalue weighted by Crippen LogP contribution is -2.34. The predicted molar refractivity (Wildman–Crippen MR) is 64.1 cm³/mol. The standard InChI is InChI=1S/C12H17N3O/c1-3-6-15(10-4-5-10)12(16)11-7-9(13)8-14(11)2/h3,7-8,10H,1,4-6,13H2,2H3. The van der Waals surface area contributed by atoms with Crippen LogP contribution >= 0.6 is 0 Å². The first-order valence-electron chi connectivity index (χ1n) is 5.47. The van der Waals surface area contributed by atoms with E-state index in [0.717, 1.165) is 12.8 Å². The minimum Gasteiger partial charge on any atom is -0.397 e. The number of carbonyl (C=O) groups is 1. The van der Waals surface area contributed by atoms with Gasteiger partial charge in [0.1, 0.15) is 5.69 Å². The minimum absolute atomic E-state index is 0.0431. The van der Waals surface area contributed by atoms with Crippen molar-refractivity contribution in [3.63, 3.8) is 0 Å². The van der Waals surface area contributed by atoms with Crippen molar-refractivity contribution in [2.45, 2.75) is 18.9 Å². The van der Waals surface area contributed by atoms with Crippen molar-refractivity contribution in [3.8, 4) is 0 Å². The number of nitrogen functional groups attached to an aromatic ring is 1. The first-order chi connectivity index (χ1) is 7.63. The summed E-state index contributed by atoms with van der Waals surface area (Å²) in [5.74, 6) is 0.0431. The van der Waals surface area contributed by atoms with E-state index < -0.39 is 0 Å². The minimum atomic E-state index is 0.0431. The van der Waals surface area contributed by atoms with E-state index in [2.05, 4.69) is 6.58 Å². The smallest absolute Gasteiger partial charge is 0.271 e. The van der Waals surface area contributed by atoms with Crippen LogP contribution in [0.4, 0.5) is 5.69 Å². The average molecular weight is 219 g/mol. The third kappa shape index (κ3) is 1.96. The average Bonchev–Trinajstić information content (AvgIpc) is 3.00. The van der Waals surface area contributed by atoms with Crippen LogP contribution in [0.2, 0.25) is 0 Å². The number of carbonyl (C=O) groups excluding carboxylic acids is 1. The van der Waals surface area contributed by atoms with E-state index >= 15 is 0 Å². The third-order valence-corrected chi connectivity index (χ3v) is 2.82. The fraction of sp³-hybridized carbons (Fsp3) is 0.417. The van der Waals surface area contributed by atoms with Crippen LogP contribution in [0, 0.1) is 0 Å². The molecule has 1 fully saturated rings. The first-order valence-corrected chi connectivity index (χ1v) is 5.47. The zero-order valence-corrected chi connectivity index (χ0v) is 9.52. The molecule has 1 saturated carbocycles. The van der Waals surface area contributed by atoms with Gasteiger partial charge >= 0.3 is 0 Å². The van der Waals surface area contributed by atoms with Crippen molar-refractivity contribution >= 4 is 11.6 Å². The Morgan fingerprint density at radius 1 is 1.75 bits per heavy atom. The van der Waals surface area contributed by atoms with Gasteiger partial charge in [0, 0.05) is 25.8 Å². The van der Waals surface area contributed by atoms with Gasteiger partial charge in [-0.15, -0.1) is 6.58 Å². The number of hydrogen-bond acceptors (Lipinski definition) is 2. The van der Waals surface area contributed by atoms with Crippen LogP contribution in [0.1, 0.15) is 23.3 Å². The van der Waals surface area contributed by atoms with Crippen LogP contribution in [0.3, 0.4) is 0 Å². The highest BCUT2D eigenvalue weighted by Gasteiger charge is 2.33. The Labute approximate surface area is 95.3 Å². The molecular formula is C12H17N3O. The topological polar surface area (TPSA) is 51.3 Å². The summed E-state index contributed by atoms with van der Waals surface area (Å²) in [6, 6.07) is 2.11. The zero-order chi connectivity index (χ0) is 11.7. The monoisotopic (exact) mass is 219 g/mol. The van der Waals surface area contributed by atoms with Gasteiger partial charge < -0.3 is 15.2 Å². The van der Waals surface area contributed by atoms with E-state index in [0.29, 0.717) is 24.0 Å². The molecule has 1 amide bonds. The number of amides is 1. The molecule has 4 nitrogen and oxygen atoms in total. The molecule has 0 aliphatic heterocycles. The summed E-state index contributed by atoms with van der Waals surface area (Å²) in [4.78, 5) is 14.1. The van der Waals surface area contributed by atoms with Gasteiger partial charge in [-0.25, -0.2) is 0 Å². The van der Waals surface area contributed by atoms with Crippen LogP contribution in [0.25, 0.3) is 0 Å². The molecule has 0 aromatic carbocycles. The normalized spacial score (nSPS) is 14.8. The molecule has 0 spiro atoms. The molecule has 1 aromatic rings. The molecule has 1 heterocycles. The number of nitrogens with zero attached hydrogens (tertiary/aromatic N) is 2. The Bertz CT molecular complexity index is 418. The Kier molecular flexibility index (Phi) is 2.73. The van der Waals surface area contributed by atoms with E-state index in [1.807, 2.05) is 11.9 Å².